The van der Waals surface area contributed by atoms with E-state index in [1.54, 1.807) is 6.92 Å². The van der Waals surface area contributed by atoms with Crippen molar-refractivity contribution in [2.45, 2.75) is 86.9 Å². The third-order valence-corrected chi connectivity index (χ3v) is 6.13. The van der Waals surface area contributed by atoms with E-state index in [0.29, 0.717) is 5.57 Å². The van der Waals surface area contributed by atoms with Crippen LogP contribution >= 0.6 is 0 Å². The Morgan fingerprint density at radius 1 is 1.14 bits per heavy atom. The Hall–Kier alpha value is -2.90. The van der Waals surface area contributed by atoms with Crippen LogP contribution in [0.2, 0.25) is 0 Å². The third-order valence-electron chi connectivity index (χ3n) is 6.13. The first-order valence-electron chi connectivity index (χ1n) is 12.5. The first kappa shape index (κ1) is 31.1. The van der Waals surface area contributed by atoms with Crippen LogP contribution in [-0.4, -0.2) is 60.4 Å². The fourth-order valence-corrected chi connectivity index (χ4v) is 4.51. The number of nitrogens with zero attached hydrogens (tertiary/aromatic N) is 1. The summed E-state index contributed by atoms with van der Waals surface area (Å²) < 4.78 is 5.83. The Morgan fingerprint density at radius 2 is 1.72 bits per heavy atom. The molecule has 2 N–H and O–H groups in total. The fraction of sp³-hybridized carbons (Fsp3) is 0.643. The Morgan fingerprint density at radius 3 is 2.25 bits per heavy atom. The first-order chi connectivity index (χ1) is 16.4. The topological polar surface area (TPSA) is 105 Å². The zero-order chi connectivity index (χ0) is 28.0. The largest absolute Gasteiger partial charge is 0.456 e. The number of cyclic esters (lactones) is 1. The van der Waals surface area contributed by atoms with Crippen LogP contribution in [0.15, 0.2) is 35.5 Å². The lowest BCUT2D eigenvalue weighted by Gasteiger charge is -2.32. The molecule has 0 unspecified atom stereocenters. The highest BCUT2D eigenvalue weighted by molar-refractivity contribution is 5.93. The van der Waals surface area contributed by atoms with Crippen molar-refractivity contribution in [3.05, 3.63) is 35.5 Å². The van der Waals surface area contributed by atoms with Gasteiger partial charge in [0.15, 0.2) is 0 Å². The monoisotopic (exact) mass is 503 g/mol. The van der Waals surface area contributed by atoms with Crippen LogP contribution in [0.1, 0.15) is 68.7 Å². The van der Waals surface area contributed by atoms with Gasteiger partial charge in [-0.05, 0) is 37.7 Å². The van der Waals surface area contributed by atoms with Crippen molar-refractivity contribution in [1.82, 2.24) is 15.5 Å². The molecule has 36 heavy (non-hydrogen) atoms. The van der Waals surface area contributed by atoms with Gasteiger partial charge in [0, 0.05) is 19.4 Å². The predicted molar refractivity (Wildman–Crippen MR) is 142 cm³/mol. The maximum Gasteiger partial charge on any atom is 0.326 e. The second-order valence-electron chi connectivity index (χ2n) is 11.3. The summed E-state index contributed by atoms with van der Waals surface area (Å²) in [5.41, 5.74) is 2.37. The average Bonchev–Trinajstić information content (AvgIpc) is 2.72. The van der Waals surface area contributed by atoms with Gasteiger partial charge in [0.05, 0.1) is 0 Å². The molecule has 0 aromatic carbocycles. The second kappa shape index (κ2) is 12.9. The molecule has 0 aromatic rings. The van der Waals surface area contributed by atoms with Crippen molar-refractivity contribution in [3.63, 3.8) is 0 Å². The minimum Gasteiger partial charge on any atom is -0.456 e. The van der Waals surface area contributed by atoms with Gasteiger partial charge in [-0.3, -0.25) is 19.2 Å². The molecular formula is C28H45N3O5. The third kappa shape index (κ3) is 9.28. The number of ether oxygens (including phenoxy) is 1. The number of likely N-dealkylation sites (N-methyl/N-ethyl adjacent to an activating group) is 1. The molecule has 3 amide bonds. The van der Waals surface area contributed by atoms with E-state index in [0.717, 1.165) is 11.1 Å². The van der Waals surface area contributed by atoms with E-state index in [1.165, 1.54) is 11.9 Å². The summed E-state index contributed by atoms with van der Waals surface area (Å²) in [6, 6.07) is -1.64. The molecule has 4 atom stereocenters. The van der Waals surface area contributed by atoms with E-state index in [-0.39, 0.29) is 36.1 Å². The zero-order valence-corrected chi connectivity index (χ0v) is 23.7. The molecule has 0 bridgehead atoms. The lowest BCUT2D eigenvalue weighted by Crippen LogP contribution is -2.55. The Kier molecular flexibility index (Phi) is 11.1. The summed E-state index contributed by atoms with van der Waals surface area (Å²) in [6.45, 7) is 21.0. The van der Waals surface area contributed by atoms with Gasteiger partial charge in [-0.25, -0.2) is 0 Å². The number of carbonyl (C=O) groups excluding carboxylic acids is 4. The Labute approximate surface area is 216 Å². The summed E-state index contributed by atoms with van der Waals surface area (Å²) in [6.07, 6.45) is 3.39. The smallest absolute Gasteiger partial charge is 0.326 e. The van der Waals surface area contributed by atoms with E-state index >= 15 is 0 Å². The minimum atomic E-state index is -0.828. The van der Waals surface area contributed by atoms with Gasteiger partial charge < -0.3 is 20.3 Å². The molecular weight excluding hydrogens is 458 g/mol. The predicted octanol–water partition coefficient (Wildman–Crippen LogP) is 3.54. The van der Waals surface area contributed by atoms with E-state index < -0.39 is 36.0 Å². The molecule has 202 valence electrons. The normalized spacial score (nSPS) is 26.8. The van der Waals surface area contributed by atoms with Gasteiger partial charge in [0.1, 0.15) is 24.7 Å². The Balaban J connectivity index is 3.40. The number of allylic oxidation sites excluding steroid dienone is 3. The summed E-state index contributed by atoms with van der Waals surface area (Å²) in [5.74, 6) is -2.43. The Bertz CT molecular complexity index is 926. The molecule has 1 rings (SSSR count). The molecule has 1 heterocycles. The SMILES string of the molecule is C=C1CC(=O)N[C@H](C)C(=O)N(C)[C@H](C(C)C)C(=O)NCC(=O)O[C@@H](/C(C)=C/C(C)=C/C(C)(C)C)[C@H]1C. The van der Waals surface area contributed by atoms with E-state index in [9.17, 15) is 19.2 Å². The molecule has 1 fully saturated rings. The summed E-state index contributed by atoms with van der Waals surface area (Å²) in [7, 11) is 1.52. The van der Waals surface area contributed by atoms with Gasteiger partial charge in [-0.15, -0.1) is 0 Å². The van der Waals surface area contributed by atoms with Gasteiger partial charge in [-0.1, -0.05) is 71.4 Å². The minimum absolute atomic E-state index is 0.0224. The summed E-state index contributed by atoms with van der Waals surface area (Å²) in [4.78, 5) is 52.8. The number of hydrogen-bond acceptors (Lipinski definition) is 5. The number of rotatable bonds is 3. The maximum absolute atomic E-state index is 12.9. The van der Waals surface area contributed by atoms with Gasteiger partial charge >= 0.3 is 5.97 Å². The quantitative estimate of drug-likeness (QED) is 0.348. The van der Waals surface area contributed by atoms with Gasteiger partial charge in [-0.2, -0.15) is 0 Å². The lowest BCUT2D eigenvalue weighted by atomic mass is 9.88. The zero-order valence-electron chi connectivity index (χ0n) is 23.7. The summed E-state index contributed by atoms with van der Waals surface area (Å²) in [5, 5.41) is 5.33. The van der Waals surface area contributed by atoms with Gasteiger partial charge in [0.25, 0.3) is 0 Å². The highest BCUT2D eigenvalue weighted by atomic mass is 16.5. The van der Waals surface area contributed by atoms with Crippen LogP contribution in [0.4, 0.5) is 0 Å². The number of nitrogens with one attached hydrogen (secondary N) is 2. The molecule has 1 aliphatic rings. The molecule has 0 radical (unpaired) electrons. The van der Waals surface area contributed by atoms with Crippen LogP contribution in [0, 0.1) is 17.3 Å². The van der Waals surface area contributed by atoms with E-state index in [1.807, 2.05) is 40.7 Å². The van der Waals surface area contributed by atoms with E-state index in [2.05, 4.69) is 44.1 Å². The van der Waals surface area contributed by atoms with Crippen molar-refractivity contribution in [3.8, 4) is 0 Å². The molecule has 0 spiro atoms. The number of amides is 3. The average molecular weight is 504 g/mol. The van der Waals surface area contributed by atoms with Crippen molar-refractivity contribution < 1.29 is 23.9 Å². The highest BCUT2D eigenvalue weighted by Crippen LogP contribution is 2.27. The molecule has 1 aliphatic heterocycles. The fourth-order valence-electron chi connectivity index (χ4n) is 4.51. The van der Waals surface area contributed by atoms with Crippen LogP contribution in [0.3, 0.4) is 0 Å². The molecule has 0 saturated carbocycles. The first-order valence-corrected chi connectivity index (χ1v) is 12.5. The molecule has 0 aromatic heterocycles. The van der Waals surface area contributed by atoms with Crippen molar-refractivity contribution in [1.29, 1.82) is 0 Å². The van der Waals surface area contributed by atoms with Crippen LogP contribution < -0.4 is 10.6 Å². The summed E-state index contributed by atoms with van der Waals surface area (Å²) >= 11 is 0. The second-order valence-corrected chi connectivity index (χ2v) is 11.3. The molecule has 1 saturated heterocycles. The maximum atomic E-state index is 12.9. The molecule has 8 nitrogen and oxygen atoms in total. The van der Waals surface area contributed by atoms with Crippen molar-refractivity contribution >= 4 is 23.7 Å². The number of hydrogen-bond donors (Lipinski definition) is 2. The van der Waals surface area contributed by atoms with Gasteiger partial charge in [0.2, 0.25) is 17.7 Å². The lowest BCUT2D eigenvalue weighted by molar-refractivity contribution is -0.149. The van der Waals surface area contributed by atoms with Crippen LogP contribution in [0.25, 0.3) is 0 Å². The molecule has 0 aliphatic carbocycles. The van der Waals surface area contributed by atoms with Crippen LogP contribution in [-0.2, 0) is 23.9 Å². The number of esters is 1. The standard InChI is InChI=1S/C28H45N3O5/c1-16(2)24-26(34)29-15-23(33)36-25(19(5)12-17(3)14-28(8,9)10)20(6)18(4)13-22(32)30-21(7)27(35)31(24)11/h12,14,16,20-21,24-25H,4,13,15H2,1-3,5-11H3,(H,29,34)(H,30,32)/b17-14+,19-12+/t20-,21+,24+,25-/m0/s1. The van der Waals surface area contributed by atoms with Crippen molar-refractivity contribution in [2.75, 3.05) is 13.6 Å². The van der Waals surface area contributed by atoms with E-state index in [4.69, 9.17) is 4.74 Å². The van der Waals surface area contributed by atoms with Crippen molar-refractivity contribution in [2.24, 2.45) is 17.3 Å². The molecule has 8 heteroatoms. The van der Waals surface area contributed by atoms with Crippen LogP contribution in [0.5, 0.6) is 0 Å². The number of carbonyl (C=O) groups is 4. The highest BCUT2D eigenvalue weighted by Gasteiger charge is 2.34.